The van der Waals surface area contributed by atoms with Crippen molar-refractivity contribution >= 4 is 32.6 Å². The van der Waals surface area contributed by atoms with E-state index in [-0.39, 0.29) is 32.7 Å². The van der Waals surface area contributed by atoms with E-state index in [0.29, 0.717) is 17.7 Å². The van der Waals surface area contributed by atoms with Gasteiger partial charge in [0.15, 0.2) is 0 Å². The van der Waals surface area contributed by atoms with Crippen molar-refractivity contribution in [2.75, 3.05) is 0 Å². The Morgan fingerprint density at radius 3 is 1.89 bits per heavy atom. The predicted molar refractivity (Wildman–Crippen MR) is 156 cm³/mol. The van der Waals surface area contributed by atoms with Gasteiger partial charge in [-0.3, -0.25) is 4.57 Å². The molecule has 0 N–H and O–H groups in total. The lowest BCUT2D eigenvalue weighted by Gasteiger charge is -2.18. The van der Waals surface area contributed by atoms with Crippen LogP contribution in [0, 0.1) is 0 Å². The van der Waals surface area contributed by atoms with Crippen molar-refractivity contribution in [2.45, 2.75) is 13.3 Å². The zero-order valence-electron chi connectivity index (χ0n) is 32.7. The maximum atomic E-state index is 9.17. The molecule has 0 aliphatic rings. The van der Waals surface area contributed by atoms with Gasteiger partial charge in [-0.05, 0) is 68.1 Å². The first-order valence-electron chi connectivity index (χ1n) is 18.3. The van der Waals surface area contributed by atoms with Gasteiger partial charge >= 0.3 is 0 Å². The summed E-state index contributed by atoms with van der Waals surface area (Å²) < 4.78 is 116. The third-order valence-electron chi connectivity index (χ3n) is 6.46. The zero-order chi connectivity index (χ0) is 36.1. The summed E-state index contributed by atoms with van der Waals surface area (Å²) in [4.78, 5) is 4.77. The Bertz CT molecular complexity index is 2520. The number of imidazole rings is 1. The molecule has 2 nitrogen and oxygen atoms in total. The maximum absolute atomic E-state index is 9.17. The molecule has 176 valence electrons. The van der Waals surface area contributed by atoms with Crippen LogP contribution in [0.1, 0.15) is 30.6 Å². The summed E-state index contributed by atoms with van der Waals surface area (Å²) >= 11 is 0. The van der Waals surface area contributed by atoms with Crippen molar-refractivity contribution < 1.29 is 17.8 Å². The second kappa shape index (κ2) is 8.76. The van der Waals surface area contributed by atoms with Crippen LogP contribution in [0.2, 0.25) is 0 Å². The largest absolute Gasteiger partial charge is 0.296 e. The van der Waals surface area contributed by atoms with Crippen LogP contribution in [-0.4, -0.2) is 9.55 Å². The highest BCUT2D eigenvalue weighted by Crippen LogP contribution is 2.43. The number of hydrogen-bond donors (Lipinski definition) is 0. The number of fused-ring (bicyclic) bond motifs is 3. The molecule has 1 aromatic heterocycles. The van der Waals surface area contributed by atoms with Crippen molar-refractivity contribution in [1.29, 1.82) is 0 Å². The van der Waals surface area contributed by atoms with Crippen LogP contribution in [0.3, 0.4) is 0 Å². The smallest absolute Gasteiger partial charge is 0.114 e. The summed E-state index contributed by atoms with van der Waals surface area (Å²) in [7, 11) is 0. The quantitative estimate of drug-likeness (QED) is 0.226. The van der Waals surface area contributed by atoms with E-state index >= 15 is 0 Å². The lowest BCUT2D eigenvalue weighted by molar-refractivity contribution is 0.908. The van der Waals surface area contributed by atoms with Gasteiger partial charge in [0.25, 0.3) is 0 Å². The normalized spacial score (nSPS) is 16.4. The first kappa shape index (κ1) is 12.0. The maximum Gasteiger partial charge on any atom is 0.114 e. The Kier molecular flexibility index (Phi) is 2.85. The van der Waals surface area contributed by atoms with E-state index in [4.69, 9.17) is 22.8 Å². The number of aryl methyl sites for hydroxylation is 1. The second-order valence-corrected chi connectivity index (χ2v) is 8.51. The molecule has 0 fully saturated rings. The molecule has 0 aliphatic heterocycles. The minimum atomic E-state index is -0.708. The van der Waals surface area contributed by atoms with Crippen molar-refractivity contribution in [3.05, 3.63) is 133 Å². The highest BCUT2D eigenvalue weighted by atomic mass is 15.1. The minimum Gasteiger partial charge on any atom is -0.296 e. The molecule has 0 spiro atoms. The van der Waals surface area contributed by atoms with Gasteiger partial charge in [-0.15, -0.1) is 0 Å². The summed E-state index contributed by atoms with van der Waals surface area (Å²) in [6.45, 7) is 1.97. The van der Waals surface area contributed by atoms with Crippen LogP contribution in [0.15, 0.2) is 127 Å². The Morgan fingerprint density at radius 2 is 1.24 bits per heavy atom. The molecule has 0 bridgehead atoms. The number of rotatable bonds is 4. The molecule has 0 radical (unpaired) electrons. The molecule has 1 heterocycles. The first-order chi connectivity index (χ1) is 23.7. The van der Waals surface area contributed by atoms with Crippen LogP contribution in [-0.2, 0) is 6.42 Å². The molecule has 2 heteroatoms. The number of aromatic nitrogens is 2. The summed E-state index contributed by atoms with van der Waals surface area (Å²) in [5.41, 5.74) is 1.91. The Balaban J connectivity index is 1.77. The summed E-state index contributed by atoms with van der Waals surface area (Å²) in [5.74, 6) is 0.749. The predicted octanol–water partition coefficient (Wildman–Crippen LogP) is 9.23. The monoisotopic (exact) mass is 487 g/mol. The fourth-order valence-electron chi connectivity index (χ4n) is 4.94. The van der Waals surface area contributed by atoms with Crippen molar-refractivity contribution in [3.63, 3.8) is 0 Å². The average molecular weight is 488 g/mol. The van der Waals surface area contributed by atoms with E-state index in [9.17, 15) is 0 Å². The summed E-state index contributed by atoms with van der Waals surface area (Å²) in [6.07, 6.45) is 0.582. The molecule has 0 atom stereocenters. The molecule has 0 unspecified atom stereocenters. The molecular weight excluding hydrogens is 448 g/mol. The van der Waals surface area contributed by atoms with Gasteiger partial charge < -0.3 is 0 Å². The van der Waals surface area contributed by atoms with E-state index in [0.717, 1.165) is 16.9 Å². The van der Waals surface area contributed by atoms with Crippen LogP contribution < -0.4 is 0 Å². The topological polar surface area (TPSA) is 17.8 Å². The van der Waals surface area contributed by atoms with Crippen LogP contribution in [0.25, 0.3) is 60.5 Å². The van der Waals surface area contributed by atoms with Gasteiger partial charge in [0, 0.05) is 12.1 Å². The summed E-state index contributed by atoms with van der Waals surface area (Å²) in [5, 5.41) is -0.734. The van der Waals surface area contributed by atoms with E-state index in [1.807, 2.05) is 41.8 Å². The van der Waals surface area contributed by atoms with Crippen molar-refractivity contribution in [3.8, 4) is 27.9 Å². The van der Waals surface area contributed by atoms with Crippen molar-refractivity contribution in [1.82, 2.24) is 9.55 Å². The molecular formula is C35H26N2. The third-order valence-corrected chi connectivity index (χ3v) is 6.46. The highest BCUT2D eigenvalue weighted by Gasteiger charge is 2.17. The molecule has 0 aliphatic carbocycles. The number of hydrogen-bond acceptors (Lipinski definition) is 1. The fourth-order valence-corrected chi connectivity index (χ4v) is 4.94. The molecule has 0 saturated heterocycles. The molecule has 7 rings (SSSR count). The Labute approximate surface area is 234 Å². The van der Waals surface area contributed by atoms with Crippen molar-refractivity contribution in [2.24, 2.45) is 0 Å². The first-order valence-corrected chi connectivity index (χ1v) is 11.8. The van der Waals surface area contributed by atoms with Gasteiger partial charge in [0.05, 0.1) is 28.9 Å². The molecule has 7 aromatic rings. The van der Waals surface area contributed by atoms with Gasteiger partial charge in [0.1, 0.15) is 5.82 Å². The lowest BCUT2D eigenvalue weighted by atomic mass is 9.86. The molecule has 6 aromatic carbocycles. The van der Waals surface area contributed by atoms with E-state index < -0.39 is 84.1 Å². The van der Waals surface area contributed by atoms with Crippen LogP contribution >= 0.6 is 0 Å². The van der Waals surface area contributed by atoms with Gasteiger partial charge in [-0.2, -0.15) is 0 Å². The fraction of sp³-hybridized carbons (Fsp3) is 0.0571. The Morgan fingerprint density at radius 1 is 0.649 bits per heavy atom. The second-order valence-electron chi connectivity index (χ2n) is 8.51. The van der Waals surface area contributed by atoms with Crippen LogP contribution in [0.4, 0.5) is 0 Å². The third kappa shape index (κ3) is 3.45. The number of para-hydroxylation sites is 2. The standard InChI is InChI=1S/C35H26N2/c1-2-33-36-31-21-10-11-22-32(31)37(33)26-16-12-15-25(23-26)35-29-19-8-6-17-27(29)34(24-13-4-3-5-14-24)28-18-7-9-20-30(28)35/h3-23H,2H2,1H3/i3D,4D,5D,6D,7D,8D,9D,13D,14D,17D,18D,19D,20D. The van der Waals surface area contributed by atoms with Crippen LogP contribution in [0.5, 0.6) is 0 Å². The van der Waals surface area contributed by atoms with E-state index in [1.165, 1.54) is 0 Å². The Hall–Kier alpha value is -4.69. The van der Waals surface area contributed by atoms with E-state index in [2.05, 4.69) is 0 Å². The minimum absolute atomic E-state index is 0.0782. The van der Waals surface area contributed by atoms with Gasteiger partial charge in [-0.25, -0.2) is 4.98 Å². The number of nitrogens with zero attached hydrogens (tertiary/aromatic N) is 2. The number of benzene rings is 6. The average Bonchev–Trinajstić information content (AvgIpc) is 3.51. The molecule has 0 saturated carbocycles. The lowest BCUT2D eigenvalue weighted by Crippen LogP contribution is -2.00. The summed E-state index contributed by atoms with van der Waals surface area (Å²) in [6, 6.07) is 6.33. The van der Waals surface area contributed by atoms with E-state index in [1.54, 1.807) is 18.2 Å². The van der Waals surface area contributed by atoms with Gasteiger partial charge in [0.2, 0.25) is 0 Å². The molecule has 0 amide bonds. The van der Waals surface area contributed by atoms with Gasteiger partial charge in [-0.1, -0.05) is 110 Å². The SMILES string of the molecule is [2H]c1c([2H])c([2H])c(-c2c3c([2H])c([2H])c([2H])c([2H])c3c(-c3cccc(-n4c(CC)nc5ccccc54)c3)c3c([2H])c([2H])c([2H])c([2H])c23)c([2H])c1[2H]. The highest BCUT2D eigenvalue weighted by molar-refractivity contribution is 6.21. The molecule has 37 heavy (non-hydrogen) atoms. The zero-order valence-corrected chi connectivity index (χ0v) is 19.7.